The summed E-state index contributed by atoms with van der Waals surface area (Å²) >= 11 is 0. The molecule has 1 amide bonds. The summed E-state index contributed by atoms with van der Waals surface area (Å²) in [6.07, 6.45) is 6.64. The standard InChI is InChI=1S/C24H33N5O2/c1-26-10-12-27(13-11-26)16-20-14-24(31-18-20)8-5-9-28(19-24)23(30)21-15-25-29(17-21)22-6-3-2-4-7-22/h2-4,6-7,15,17,20H,5,8-14,16,18-19H2,1H3. The summed E-state index contributed by atoms with van der Waals surface area (Å²) in [5, 5.41) is 4.40. The lowest BCUT2D eigenvalue weighted by Gasteiger charge is -2.40. The molecule has 7 nitrogen and oxygen atoms in total. The van der Waals surface area contributed by atoms with Gasteiger partial charge in [0.05, 0.1) is 29.7 Å². The van der Waals surface area contributed by atoms with Crippen molar-refractivity contribution in [2.45, 2.75) is 24.9 Å². The second kappa shape index (κ2) is 8.73. The highest BCUT2D eigenvalue weighted by Crippen LogP contribution is 2.38. The van der Waals surface area contributed by atoms with Gasteiger partial charge in [0.15, 0.2) is 0 Å². The number of amides is 1. The van der Waals surface area contributed by atoms with Gasteiger partial charge in [-0.3, -0.25) is 4.79 Å². The van der Waals surface area contributed by atoms with Gasteiger partial charge in [0.2, 0.25) is 0 Å². The van der Waals surface area contributed by atoms with E-state index in [9.17, 15) is 4.79 Å². The highest BCUT2D eigenvalue weighted by atomic mass is 16.5. The first-order chi connectivity index (χ1) is 15.1. The van der Waals surface area contributed by atoms with E-state index in [1.54, 1.807) is 10.9 Å². The van der Waals surface area contributed by atoms with Gasteiger partial charge in [0.1, 0.15) is 0 Å². The molecule has 4 heterocycles. The Labute approximate surface area is 184 Å². The minimum absolute atomic E-state index is 0.0624. The Morgan fingerprint density at radius 1 is 1.16 bits per heavy atom. The fourth-order valence-electron chi connectivity index (χ4n) is 5.34. The van der Waals surface area contributed by atoms with Crippen LogP contribution in [0.5, 0.6) is 0 Å². The average molecular weight is 424 g/mol. The summed E-state index contributed by atoms with van der Waals surface area (Å²) in [5.74, 6) is 0.631. The van der Waals surface area contributed by atoms with Crippen LogP contribution in [0.25, 0.3) is 5.69 Å². The van der Waals surface area contributed by atoms with E-state index in [0.717, 1.165) is 70.8 Å². The number of piperidine rings is 1. The second-order valence-corrected chi connectivity index (χ2v) is 9.51. The van der Waals surface area contributed by atoms with Gasteiger partial charge in [0, 0.05) is 52.0 Å². The Hall–Kier alpha value is -2.22. The smallest absolute Gasteiger partial charge is 0.257 e. The van der Waals surface area contributed by atoms with Crippen molar-refractivity contribution in [3.63, 3.8) is 0 Å². The molecule has 0 bridgehead atoms. The van der Waals surface area contributed by atoms with Crippen LogP contribution in [0.15, 0.2) is 42.7 Å². The number of hydrogen-bond donors (Lipinski definition) is 0. The summed E-state index contributed by atoms with van der Waals surface area (Å²) in [5.41, 5.74) is 1.44. The van der Waals surface area contributed by atoms with Gasteiger partial charge >= 0.3 is 0 Å². The van der Waals surface area contributed by atoms with Crippen LogP contribution in [-0.4, -0.2) is 95.5 Å². The first kappa shape index (κ1) is 20.7. The lowest BCUT2D eigenvalue weighted by molar-refractivity contribution is -0.0450. The highest BCUT2D eigenvalue weighted by Gasteiger charge is 2.45. The molecule has 31 heavy (non-hydrogen) atoms. The molecule has 3 aliphatic heterocycles. The van der Waals surface area contributed by atoms with Crippen LogP contribution in [0.2, 0.25) is 0 Å². The fraction of sp³-hybridized carbons (Fsp3) is 0.583. The molecule has 5 rings (SSSR count). The summed E-state index contributed by atoms with van der Waals surface area (Å²) < 4.78 is 8.16. The van der Waals surface area contributed by atoms with Crippen molar-refractivity contribution in [1.29, 1.82) is 0 Å². The molecule has 2 aromatic rings. The zero-order valence-electron chi connectivity index (χ0n) is 18.4. The number of likely N-dealkylation sites (tertiary alicyclic amines) is 1. The number of aromatic nitrogens is 2. The number of carbonyl (C=O) groups excluding carboxylic acids is 1. The van der Waals surface area contributed by atoms with E-state index in [4.69, 9.17) is 4.74 Å². The first-order valence-electron chi connectivity index (χ1n) is 11.5. The van der Waals surface area contributed by atoms with Crippen LogP contribution in [0, 0.1) is 5.92 Å². The van der Waals surface area contributed by atoms with Gasteiger partial charge in [-0.2, -0.15) is 5.10 Å². The molecule has 3 fully saturated rings. The number of ether oxygens (including phenoxy) is 1. The van der Waals surface area contributed by atoms with E-state index in [1.807, 2.05) is 41.4 Å². The second-order valence-electron chi connectivity index (χ2n) is 9.51. The van der Waals surface area contributed by atoms with Gasteiger partial charge in [-0.1, -0.05) is 18.2 Å². The van der Waals surface area contributed by atoms with Crippen molar-refractivity contribution in [2.24, 2.45) is 5.92 Å². The third-order valence-corrected chi connectivity index (χ3v) is 7.08. The number of para-hydroxylation sites is 1. The monoisotopic (exact) mass is 423 g/mol. The molecule has 1 aromatic carbocycles. The maximum absolute atomic E-state index is 13.2. The lowest BCUT2D eigenvalue weighted by atomic mass is 9.86. The lowest BCUT2D eigenvalue weighted by Crippen LogP contribution is -2.50. The van der Waals surface area contributed by atoms with E-state index in [2.05, 4.69) is 21.9 Å². The maximum atomic E-state index is 13.2. The van der Waals surface area contributed by atoms with E-state index < -0.39 is 0 Å². The molecule has 3 saturated heterocycles. The number of benzene rings is 1. The highest BCUT2D eigenvalue weighted by molar-refractivity contribution is 5.94. The topological polar surface area (TPSA) is 53.8 Å². The van der Waals surface area contributed by atoms with Crippen LogP contribution >= 0.6 is 0 Å². The van der Waals surface area contributed by atoms with Crippen molar-refractivity contribution in [2.75, 3.05) is 59.5 Å². The van der Waals surface area contributed by atoms with Crippen molar-refractivity contribution < 1.29 is 9.53 Å². The molecule has 0 N–H and O–H groups in total. The number of piperazine rings is 1. The predicted molar refractivity (Wildman–Crippen MR) is 119 cm³/mol. The predicted octanol–water partition coefficient (Wildman–Crippen LogP) is 2.13. The molecule has 1 spiro atoms. The molecule has 0 radical (unpaired) electrons. The zero-order chi connectivity index (χ0) is 21.3. The van der Waals surface area contributed by atoms with Crippen LogP contribution in [0.1, 0.15) is 29.6 Å². The molecule has 1 aromatic heterocycles. The van der Waals surface area contributed by atoms with Gasteiger partial charge in [-0.25, -0.2) is 4.68 Å². The molecule has 0 saturated carbocycles. The van der Waals surface area contributed by atoms with Crippen LogP contribution in [-0.2, 0) is 4.74 Å². The summed E-state index contributed by atoms with van der Waals surface area (Å²) in [6, 6.07) is 9.91. The molecule has 0 aliphatic carbocycles. The summed E-state index contributed by atoms with van der Waals surface area (Å²) in [7, 11) is 2.20. The van der Waals surface area contributed by atoms with Crippen LogP contribution in [0.3, 0.4) is 0 Å². The Bertz CT molecular complexity index is 892. The van der Waals surface area contributed by atoms with E-state index >= 15 is 0 Å². The molecular formula is C24H33N5O2. The Morgan fingerprint density at radius 2 is 1.97 bits per heavy atom. The number of nitrogens with zero attached hydrogens (tertiary/aromatic N) is 5. The molecule has 2 atom stereocenters. The Morgan fingerprint density at radius 3 is 2.77 bits per heavy atom. The first-order valence-corrected chi connectivity index (χ1v) is 11.5. The molecule has 2 unspecified atom stereocenters. The number of carbonyl (C=O) groups is 1. The van der Waals surface area contributed by atoms with Gasteiger partial charge in [-0.05, 0) is 44.4 Å². The maximum Gasteiger partial charge on any atom is 0.257 e. The van der Waals surface area contributed by atoms with Crippen LogP contribution < -0.4 is 0 Å². The largest absolute Gasteiger partial charge is 0.373 e. The average Bonchev–Trinajstić information content (AvgIpc) is 3.43. The van der Waals surface area contributed by atoms with E-state index in [0.29, 0.717) is 18.0 Å². The summed E-state index contributed by atoms with van der Waals surface area (Å²) in [6.45, 7) is 8.03. The number of hydrogen-bond acceptors (Lipinski definition) is 5. The third-order valence-electron chi connectivity index (χ3n) is 7.08. The van der Waals surface area contributed by atoms with Crippen molar-refractivity contribution in [3.05, 3.63) is 48.3 Å². The molecule has 3 aliphatic rings. The quantitative estimate of drug-likeness (QED) is 0.754. The normalized spacial score (nSPS) is 27.8. The fourth-order valence-corrected chi connectivity index (χ4v) is 5.34. The minimum Gasteiger partial charge on any atom is -0.373 e. The van der Waals surface area contributed by atoms with Gasteiger partial charge in [0.25, 0.3) is 5.91 Å². The molecule has 7 heteroatoms. The zero-order valence-corrected chi connectivity index (χ0v) is 18.4. The molecular weight excluding hydrogens is 390 g/mol. The third kappa shape index (κ3) is 4.54. The SMILES string of the molecule is CN1CCN(CC2COC3(CCCN(C(=O)c4cnn(-c5ccccc5)c4)C3)C2)CC1. The van der Waals surface area contributed by atoms with Crippen LogP contribution in [0.4, 0.5) is 0 Å². The van der Waals surface area contributed by atoms with Gasteiger partial charge < -0.3 is 19.4 Å². The number of likely N-dealkylation sites (N-methyl/N-ethyl adjacent to an activating group) is 1. The Kier molecular flexibility index (Phi) is 5.82. The Balaban J connectivity index is 1.20. The van der Waals surface area contributed by atoms with Crippen molar-refractivity contribution >= 4 is 5.91 Å². The molecule has 166 valence electrons. The van der Waals surface area contributed by atoms with Gasteiger partial charge in [-0.15, -0.1) is 0 Å². The minimum atomic E-state index is -0.166. The summed E-state index contributed by atoms with van der Waals surface area (Å²) in [4.78, 5) is 20.2. The van der Waals surface area contributed by atoms with E-state index in [1.165, 1.54) is 0 Å². The van der Waals surface area contributed by atoms with Crippen molar-refractivity contribution in [3.8, 4) is 5.69 Å². The van der Waals surface area contributed by atoms with Crippen molar-refractivity contribution in [1.82, 2.24) is 24.5 Å². The number of rotatable bonds is 4. The van der Waals surface area contributed by atoms with E-state index in [-0.39, 0.29) is 11.5 Å².